The average Bonchev–Trinajstić information content (AvgIpc) is 2.14. The molecule has 3 N–H and O–H groups in total. The minimum Gasteiger partial charge on any atom is -0.481 e. The molecule has 76 valence electrons. The fraction of sp³-hybridized carbons (Fsp3) is 0.333. The maximum atomic E-state index is 10.3. The van der Waals surface area contributed by atoms with Gasteiger partial charge in [0.15, 0.2) is 0 Å². The van der Waals surface area contributed by atoms with Gasteiger partial charge in [0.05, 0.1) is 5.69 Å². The average molecular weight is 259 g/mol. The molecule has 0 fully saturated rings. The molecule has 4 nitrogen and oxygen atoms in total. The van der Waals surface area contributed by atoms with Crippen molar-refractivity contribution in [2.75, 3.05) is 0 Å². The van der Waals surface area contributed by atoms with Crippen LogP contribution in [0.1, 0.15) is 24.6 Å². The first-order valence-electron chi connectivity index (χ1n) is 4.19. The van der Waals surface area contributed by atoms with E-state index in [9.17, 15) is 4.79 Å². The third-order valence-electron chi connectivity index (χ3n) is 1.79. The Hall–Kier alpha value is -0.940. The quantitative estimate of drug-likeness (QED) is 0.807. The van der Waals surface area contributed by atoms with E-state index in [4.69, 9.17) is 10.8 Å². The van der Waals surface area contributed by atoms with Crippen molar-refractivity contribution < 1.29 is 9.90 Å². The molecule has 0 saturated heterocycles. The van der Waals surface area contributed by atoms with Crippen LogP contribution in [-0.4, -0.2) is 16.1 Å². The van der Waals surface area contributed by atoms with Gasteiger partial charge in [-0.3, -0.25) is 4.79 Å². The Morgan fingerprint density at radius 3 is 2.93 bits per heavy atom. The minimum atomic E-state index is -0.838. The second-order valence-corrected chi connectivity index (χ2v) is 3.74. The number of carboxylic acid groups (broad SMARTS) is 1. The number of nitrogens with two attached hydrogens (primary N) is 1. The van der Waals surface area contributed by atoms with E-state index in [2.05, 4.69) is 20.9 Å². The number of aliphatic carboxylic acids is 1. The summed E-state index contributed by atoms with van der Waals surface area (Å²) in [5.74, 6) is -0.838. The highest BCUT2D eigenvalue weighted by atomic mass is 79.9. The van der Waals surface area contributed by atoms with Crippen molar-refractivity contribution in [3.63, 3.8) is 0 Å². The Kier molecular flexibility index (Phi) is 4.03. The Bertz CT molecular complexity index is 330. The summed E-state index contributed by atoms with van der Waals surface area (Å²) < 4.78 is 0.709. The highest BCUT2D eigenvalue weighted by Gasteiger charge is 2.09. The predicted octanol–water partition coefficient (Wildman–Crippen LogP) is 1.71. The van der Waals surface area contributed by atoms with Gasteiger partial charge in [-0.25, -0.2) is 4.98 Å². The molecule has 1 rings (SSSR count). The van der Waals surface area contributed by atoms with Crippen molar-refractivity contribution in [3.05, 3.63) is 28.5 Å². The van der Waals surface area contributed by atoms with Gasteiger partial charge >= 0.3 is 5.97 Å². The summed E-state index contributed by atoms with van der Waals surface area (Å²) >= 11 is 3.23. The van der Waals surface area contributed by atoms with Crippen molar-refractivity contribution in [1.29, 1.82) is 0 Å². The fourth-order valence-electron chi connectivity index (χ4n) is 1.06. The lowest BCUT2D eigenvalue weighted by atomic mass is 10.1. The Balaban J connectivity index is 2.60. The van der Waals surface area contributed by atoms with Gasteiger partial charge in [0.2, 0.25) is 0 Å². The van der Waals surface area contributed by atoms with Crippen molar-refractivity contribution in [2.45, 2.75) is 18.9 Å². The van der Waals surface area contributed by atoms with Gasteiger partial charge in [0.25, 0.3) is 0 Å². The van der Waals surface area contributed by atoms with Gasteiger partial charge in [0, 0.05) is 12.5 Å². The summed E-state index contributed by atoms with van der Waals surface area (Å²) in [4.78, 5) is 14.5. The zero-order valence-electron chi connectivity index (χ0n) is 7.48. The second-order valence-electron chi connectivity index (χ2n) is 2.92. The highest BCUT2D eigenvalue weighted by molar-refractivity contribution is 9.10. The van der Waals surface area contributed by atoms with E-state index >= 15 is 0 Å². The summed E-state index contributed by atoms with van der Waals surface area (Å²) in [6, 6.07) is 5.10. The first kappa shape index (κ1) is 11.1. The van der Waals surface area contributed by atoms with Gasteiger partial charge in [-0.05, 0) is 34.5 Å². The predicted molar refractivity (Wildman–Crippen MR) is 55.7 cm³/mol. The Morgan fingerprint density at radius 2 is 2.36 bits per heavy atom. The monoisotopic (exact) mass is 258 g/mol. The van der Waals surface area contributed by atoms with Crippen LogP contribution in [0.5, 0.6) is 0 Å². The molecule has 0 aliphatic carbocycles. The Labute approximate surface area is 90.3 Å². The lowest BCUT2D eigenvalue weighted by Gasteiger charge is -2.09. The molecular weight excluding hydrogens is 248 g/mol. The number of aromatic nitrogens is 1. The van der Waals surface area contributed by atoms with Gasteiger partial charge in [0.1, 0.15) is 4.60 Å². The first-order chi connectivity index (χ1) is 6.59. The molecule has 0 radical (unpaired) electrons. The topological polar surface area (TPSA) is 76.2 Å². The fourth-order valence-corrected chi connectivity index (χ4v) is 1.41. The largest absolute Gasteiger partial charge is 0.481 e. The molecule has 0 aliphatic heterocycles. The van der Waals surface area contributed by atoms with Gasteiger partial charge in [-0.1, -0.05) is 6.07 Å². The first-order valence-corrected chi connectivity index (χ1v) is 4.98. The molecule has 0 amide bonds. The number of pyridine rings is 1. The number of rotatable bonds is 4. The summed E-state index contributed by atoms with van der Waals surface area (Å²) in [5, 5.41) is 8.48. The molecule has 14 heavy (non-hydrogen) atoms. The third kappa shape index (κ3) is 3.43. The molecule has 5 heteroatoms. The van der Waals surface area contributed by atoms with Crippen LogP contribution < -0.4 is 5.73 Å². The molecule has 0 bridgehead atoms. The lowest BCUT2D eigenvalue weighted by Crippen LogP contribution is -2.13. The molecule has 1 aromatic heterocycles. The molecule has 1 atom stereocenters. The van der Waals surface area contributed by atoms with Crippen LogP contribution in [-0.2, 0) is 4.79 Å². The van der Waals surface area contributed by atoms with Crippen molar-refractivity contribution in [1.82, 2.24) is 4.98 Å². The number of hydrogen-bond acceptors (Lipinski definition) is 3. The van der Waals surface area contributed by atoms with Crippen molar-refractivity contribution in [2.24, 2.45) is 5.73 Å². The van der Waals surface area contributed by atoms with E-state index in [-0.39, 0.29) is 12.5 Å². The second kappa shape index (κ2) is 5.07. The lowest BCUT2D eigenvalue weighted by molar-refractivity contribution is -0.137. The number of carbonyl (C=O) groups is 1. The van der Waals surface area contributed by atoms with E-state index in [1.807, 2.05) is 6.07 Å². The molecule has 1 heterocycles. The third-order valence-corrected chi connectivity index (χ3v) is 2.23. The maximum Gasteiger partial charge on any atom is 0.303 e. The number of carboxylic acids is 1. The summed E-state index contributed by atoms with van der Waals surface area (Å²) in [6.07, 6.45) is 0.466. The van der Waals surface area contributed by atoms with E-state index in [0.29, 0.717) is 16.7 Å². The zero-order chi connectivity index (χ0) is 10.6. The maximum absolute atomic E-state index is 10.3. The molecular formula is C9H11BrN2O2. The SMILES string of the molecule is N[C@@H](CCC(=O)O)c1cccc(Br)n1. The van der Waals surface area contributed by atoms with Crippen LogP contribution in [0.2, 0.25) is 0 Å². The Morgan fingerprint density at radius 1 is 1.64 bits per heavy atom. The molecule has 0 unspecified atom stereocenters. The van der Waals surface area contributed by atoms with Gasteiger partial charge in [-0.2, -0.15) is 0 Å². The zero-order valence-corrected chi connectivity index (χ0v) is 9.07. The van der Waals surface area contributed by atoms with E-state index < -0.39 is 5.97 Å². The molecule has 1 aromatic rings. The summed E-state index contributed by atoms with van der Waals surface area (Å²) in [6.45, 7) is 0. The van der Waals surface area contributed by atoms with Crippen LogP contribution in [0.3, 0.4) is 0 Å². The number of nitrogens with zero attached hydrogens (tertiary/aromatic N) is 1. The van der Waals surface area contributed by atoms with Crippen LogP contribution in [0, 0.1) is 0 Å². The minimum absolute atomic E-state index is 0.0648. The molecule has 0 aromatic carbocycles. The normalized spacial score (nSPS) is 12.4. The highest BCUT2D eigenvalue weighted by Crippen LogP contribution is 2.15. The summed E-state index contributed by atoms with van der Waals surface area (Å²) in [5.41, 5.74) is 6.47. The summed E-state index contributed by atoms with van der Waals surface area (Å²) in [7, 11) is 0. The smallest absolute Gasteiger partial charge is 0.303 e. The van der Waals surface area contributed by atoms with E-state index in [0.717, 1.165) is 0 Å². The van der Waals surface area contributed by atoms with Crippen molar-refractivity contribution >= 4 is 21.9 Å². The van der Waals surface area contributed by atoms with Gasteiger partial charge in [-0.15, -0.1) is 0 Å². The number of halogens is 1. The van der Waals surface area contributed by atoms with Crippen LogP contribution in [0.4, 0.5) is 0 Å². The molecule has 0 aliphatic rings. The van der Waals surface area contributed by atoms with E-state index in [1.165, 1.54) is 0 Å². The van der Waals surface area contributed by atoms with E-state index in [1.54, 1.807) is 12.1 Å². The van der Waals surface area contributed by atoms with Crippen LogP contribution in [0.15, 0.2) is 22.8 Å². The van der Waals surface area contributed by atoms with Crippen LogP contribution >= 0.6 is 15.9 Å². The van der Waals surface area contributed by atoms with Crippen molar-refractivity contribution in [3.8, 4) is 0 Å². The molecule has 0 saturated carbocycles. The molecule has 0 spiro atoms. The van der Waals surface area contributed by atoms with Gasteiger partial charge < -0.3 is 10.8 Å². The number of hydrogen-bond donors (Lipinski definition) is 2. The van der Waals surface area contributed by atoms with Crippen LogP contribution in [0.25, 0.3) is 0 Å². The standard InChI is InChI=1S/C9H11BrN2O2/c10-8-3-1-2-7(12-8)6(11)4-5-9(13)14/h1-3,6H,4-5,11H2,(H,13,14)/t6-/m0/s1.